The Morgan fingerprint density at radius 1 is 0.159 bits per heavy atom. The summed E-state index contributed by atoms with van der Waals surface area (Å²) in [5.74, 6) is 0. The van der Waals surface area contributed by atoms with Gasteiger partial charge in [0.15, 0.2) is 0 Å². The molecule has 0 unspecified atom stereocenters. The van der Waals surface area contributed by atoms with Crippen molar-refractivity contribution in [1.29, 1.82) is 0 Å². The maximum atomic E-state index is 3.54. The van der Waals surface area contributed by atoms with Crippen LogP contribution in [0.4, 0.5) is 0 Å². The number of H-pyrrole nitrogens is 2. The molecular formula is C120H80N6. The summed E-state index contributed by atoms with van der Waals surface area (Å²) in [6.45, 7) is 0. The van der Waals surface area contributed by atoms with Crippen molar-refractivity contribution in [2.45, 2.75) is 12.8 Å². The number of nitrogens with zero attached hydrogens (tertiary/aromatic N) is 4. The van der Waals surface area contributed by atoms with Crippen molar-refractivity contribution in [2.24, 2.45) is 0 Å². The summed E-state index contributed by atoms with van der Waals surface area (Å²) >= 11 is 0. The highest BCUT2D eigenvalue weighted by Crippen LogP contribution is 2.46. The lowest BCUT2D eigenvalue weighted by Gasteiger charge is -2.11. The summed E-state index contributed by atoms with van der Waals surface area (Å²) in [7, 11) is 0. The Morgan fingerprint density at radius 3 is 1.06 bits per heavy atom. The van der Waals surface area contributed by atoms with Crippen molar-refractivity contribution in [3.63, 3.8) is 0 Å². The largest absolute Gasteiger partial charge is 0.355 e. The van der Waals surface area contributed by atoms with E-state index in [-0.39, 0.29) is 0 Å². The lowest BCUT2D eigenvalue weighted by atomic mass is 10.0. The maximum Gasteiger partial charge on any atom is 0.0547 e. The second-order valence-electron chi connectivity index (χ2n) is 33.5. The average molecular weight is 1610 g/mol. The third kappa shape index (κ3) is 12.0. The van der Waals surface area contributed by atoms with E-state index in [1.54, 1.807) is 0 Å². The molecule has 6 heteroatoms. The van der Waals surface area contributed by atoms with Crippen LogP contribution in [0.2, 0.25) is 0 Å². The maximum absolute atomic E-state index is 3.54. The van der Waals surface area contributed by atoms with Gasteiger partial charge >= 0.3 is 0 Å². The highest BCUT2D eigenvalue weighted by molar-refractivity contribution is 6.22. The lowest BCUT2D eigenvalue weighted by Crippen LogP contribution is -1.95. The molecule has 2 aliphatic rings. The van der Waals surface area contributed by atoms with E-state index >= 15 is 0 Å². The number of benzene rings is 20. The molecule has 0 saturated carbocycles. The van der Waals surface area contributed by atoms with Gasteiger partial charge in [-0.25, -0.2) is 0 Å². The van der Waals surface area contributed by atoms with E-state index in [0.29, 0.717) is 0 Å². The fraction of sp³-hybridized carbons (Fsp3) is 0.0167. The molecule has 2 N–H and O–H groups in total. The van der Waals surface area contributed by atoms with Crippen molar-refractivity contribution in [2.75, 3.05) is 0 Å². The molecule has 20 aromatic carbocycles. The minimum absolute atomic E-state index is 1.02. The first kappa shape index (κ1) is 72.3. The first-order chi connectivity index (χ1) is 62.5. The first-order valence-corrected chi connectivity index (χ1v) is 43.6. The molecule has 0 aliphatic heterocycles. The van der Waals surface area contributed by atoms with Crippen molar-refractivity contribution in [3.8, 4) is 78.4 Å². The molecule has 0 saturated heterocycles. The van der Waals surface area contributed by atoms with E-state index in [2.05, 4.69) is 477 Å². The number of fused-ring (bicyclic) bond motifs is 26. The molecular weight excluding hydrogens is 1530 g/mol. The van der Waals surface area contributed by atoms with Crippen molar-refractivity contribution in [3.05, 3.63) is 471 Å². The Morgan fingerprint density at radius 2 is 0.492 bits per heavy atom. The molecule has 0 bridgehead atoms. The van der Waals surface area contributed by atoms with E-state index in [4.69, 9.17) is 0 Å². The van der Waals surface area contributed by atoms with Gasteiger partial charge in [-0.15, -0.1) is 0 Å². The zero-order valence-corrected chi connectivity index (χ0v) is 68.9. The third-order valence-electron chi connectivity index (χ3n) is 26.5. The highest BCUT2D eigenvalue weighted by atomic mass is 15.0. The Kier molecular flexibility index (Phi) is 17.0. The molecule has 26 aromatic rings. The van der Waals surface area contributed by atoms with E-state index in [9.17, 15) is 0 Å². The van der Waals surface area contributed by atoms with Crippen LogP contribution in [0, 0.1) is 0 Å². The van der Waals surface area contributed by atoms with Gasteiger partial charge in [0.1, 0.15) is 0 Å². The minimum Gasteiger partial charge on any atom is -0.355 e. The molecule has 590 valence electrons. The van der Waals surface area contributed by atoms with Gasteiger partial charge in [0.25, 0.3) is 0 Å². The van der Waals surface area contributed by atoms with Crippen LogP contribution in [0.25, 0.3) is 220 Å². The summed E-state index contributed by atoms with van der Waals surface area (Å²) in [6.07, 6.45) is 2.05. The van der Waals surface area contributed by atoms with Gasteiger partial charge in [0.2, 0.25) is 0 Å². The second-order valence-corrected chi connectivity index (χ2v) is 33.5. The smallest absolute Gasteiger partial charge is 0.0547 e. The summed E-state index contributed by atoms with van der Waals surface area (Å²) in [4.78, 5) is 7.05. The second kappa shape index (κ2) is 29.7. The quantitative estimate of drug-likeness (QED) is 0.160. The molecule has 126 heavy (non-hydrogen) atoms. The molecule has 0 atom stereocenters. The van der Waals surface area contributed by atoms with Crippen LogP contribution in [0.1, 0.15) is 22.3 Å². The molecule has 0 radical (unpaired) electrons. The molecule has 2 aliphatic carbocycles. The predicted octanol–water partition coefficient (Wildman–Crippen LogP) is 31.7. The zero-order chi connectivity index (χ0) is 82.9. The van der Waals surface area contributed by atoms with Gasteiger partial charge in [0.05, 0.1) is 44.1 Å². The summed E-state index contributed by atoms with van der Waals surface area (Å²) < 4.78 is 9.61. The number of aromatic nitrogens is 6. The fourth-order valence-electron chi connectivity index (χ4n) is 20.6. The number of para-hydroxylation sites is 7. The first-order valence-electron chi connectivity index (χ1n) is 43.6. The number of aromatic amines is 2. The van der Waals surface area contributed by atoms with Crippen LogP contribution in [-0.4, -0.2) is 28.2 Å². The van der Waals surface area contributed by atoms with Crippen LogP contribution in [0.3, 0.4) is 0 Å². The number of hydrogen-bond acceptors (Lipinski definition) is 0. The molecule has 0 amide bonds. The molecule has 0 fully saturated rings. The molecule has 0 spiro atoms. The van der Waals surface area contributed by atoms with E-state index in [0.717, 1.165) is 12.8 Å². The van der Waals surface area contributed by atoms with Crippen molar-refractivity contribution >= 4 is 142 Å². The summed E-state index contributed by atoms with van der Waals surface area (Å²) in [5.41, 5.74) is 38.1. The van der Waals surface area contributed by atoms with Crippen LogP contribution in [0.15, 0.2) is 449 Å². The van der Waals surface area contributed by atoms with Gasteiger partial charge in [0, 0.05) is 109 Å². The Balaban J connectivity index is 0.0000000916. The third-order valence-corrected chi connectivity index (χ3v) is 26.5. The van der Waals surface area contributed by atoms with E-state index < -0.39 is 0 Å². The van der Waals surface area contributed by atoms with Crippen molar-refractivity contribution < 1.29 is 0 Å². The van der Waals surface area contributed by atoms with Crippen LogP contribution >= 0.6 is 0 Å². The molecule has 6 heterocycles. The summed E-state index contributed by atoms with van der Waals surface area (Å²) in [6, 6.07) is 163. The molecule has 6 aromatic heterocycles. The SMILES string of the molecule is c1ccc(-c2ccc3c(c2)c2ccccc2n3-c2ccc3c(c2)-c2ccccc2C3)cc1.c1ccc(-c2ccc3c4ccccc4n(-c4ccc5c(c4)-c4ccccc4C5)c3c2)cc1.c1ccc2c(c1)[nH]c1ccc(-c3ccc(-n4c5ccccc5c5ccccc54)cc3)cc12.c1ccc2c(c1)ccc1c2c2ccccc2n1-c1ccc2[nH]c3ccccc3c2c1. The standard InChI is InChI=1S/2C31H21N.C30H20N2.C28H18N2/c1-2-8-21(9-3-1)22-15-17-31-29(19-22)27-12-6-7-13-30(27)32(31)25-16-14-24-18-23-10-4-5-11-26(23)28(24)20-25;1-2-8-21(9-3-1)22-15-17-28-27-12-6-7-13-30(27)32(31(28)19-22)25-16-14-24-18-23-10-4-5-11-26(23)29(24)20-25;1-4-10-27-23(7-1)26-19-21(15-18-28(26)31-27)20-13-16-22(17-14-20)32-29-11-5-2-8-24(29)25-9-3-6-12-30(25)32;1-2-8-20-18(7-1)13-16-27-28(20)22-10-4-6-12-26(22)30(27)19-14-15-25-23(17-19)21-9-3-5-11-24(21)29-25/h2*1-17,19-20H,18H2;1-19,31H;1-17,29H. The number of rotatable bonds is 7. The predicted molar refractivity (Wildman–Crippen MR) is 532 cm³/mol. The van der Waals surface area contributed by atoms with Gasteiger partial charge in [-0.1, -0.05) is 315 Å². The molecule has 6 nitrogen and oxygen atoms in total. The Hall–Kier alpha value is -16.5. The topological polar surface area (TPSA) is 51.3 Å². The monoisotopic (exact) mass is 1600 g/mol. The number of nitrogens with one attached hydrogen (secondary N) is 2. The van der Waals surface area contributed by atoms with Crippen LogP contribution < -0.4 is 0 Å². The van der Waals surface area contributed by atoms with E-state index in [1.165, 1.54) is 242 Å². The van der Waals surface area contributed by atoms with Gasteiger partial charge < -0.3 is 28.2 Å². The summed E-state index contributed by atoms with van der Waals surface area (Å²) in [5, 5.41) is 18.0. The Bertz CT molecular complexity index is 8790. The normalized spacial score (nSPS) is 12.1. The van der Waals surface area contributed by atoms with Gasteiger partial charge in [-0.3, -0.25) is 0 Å². The Labute approximate surface area is 727 Å². The average Bonchev–Trinajstić information content (AvgIpc) is 1.58. The zero-order valence-electron chi connectivity index (χ0n) is 68.9. The van der Waals surface area contributed by atoms with Crippen molar-refractivity contribution in [1.82, 2.24) is 28.2 Å². The highest BCUT2D eigenvalue weighted by Gasteiger charge is 2.25. The minimum atomic E-state index is 1.02. The number of hydrogen-bond donors (Lipinski definition) is 2. The van der Waals surface area contributed by atoms with Gasteiger partial charge in [-0.05, 0) is 235 Å². The fourth-order valence-corrected chi connectivity index (χ4v) is 20.6. The van der Waals surface area contributed by atoms with Gasteiger partial charge in [-0.2, -0.15) is 0 Å². The van der Waals surface area contributed by atoms with E-state index in [1.807, 2.05) is 0 Å². The lowest BCUT2D eigenvalue weighted by molar-refractivity contribution is 1.17. The molecule has 28 rings (SSSR count). The van der Waals surface area contributed by atoms with Crippen LogP contribution in [0.5, 0.6) is 0 Å². The van der Waals surface area contributed by atoms with Crippen LogP contribution in [-0.2, 0) is 12.8 Å².